The highest BCUT2D eigenvalue weighted by Crippen LogP contribution is 2.31. The molecule has 0 aromatic heterocycles. The molecule has 0 spiro atoms. The van der Waals surface area contributed by atoms with Crippen molar-refractivity contribution in [3.05, 3.63) is 35.9 Å². The van der Waals surface area contributed by atoms with Crippen LogP contribution in [0.5, 0.6) is 0 Å². The van der Waals surface area contributed by atoms with Crippen LogP contribution in [0, 0.1) is 5.92 Å². The van der Waals surface area contributed by atoms with Crippen molar-refractivity contribution in [3.8, 4) is 0 Å². The second-order valence-corrected chi connectivity index (χ2v) is 7.90. The first-order chi connectivity index (χ1) is 13.5. The molecule has 2 fully saturated rings. The highest BCUT2D eigenvalue weighted by Gasteiger charge is 2.44. The number of nitrogens with zero attached hydrogens (tertiary/aromatic N) is 1. The van der Waals surface area contributed by atoms with Gasteiger partial charge in [-0.2, -0.15) is 0 Å². The van der Waals surface area contributed by atoms with Gasteiger partial charge in [0.15, 0.2) is 0 Å². The van der Waals surface area contributed by atoms with E-state index < -0.39 is 5.54 Å². The number of hydrogen-bond acceptors (Lipinski definition) is 3. The molecule has 1 heterocycles. The summed E-state index contributed by atoms with van der Waals surface area (Å²) in [4.78, 5) is 39.1. The third-order valence-corrected chi connectivity index (χ3v) is 5.95. The third kappa shape index (κ3) is 4.82. The summed E-state index contributed by atoms with van der Waals surface area (Å²) >= 11 is 0. The predicted molar refractivity (Wildman–Crippen MR) is 106 cm³/mol. The van der Waals surface area contributed by atoms with Gasteiger partial charge in [-0.15, -0.1) is 0 Å². The molecule has 3 rings (SSSR count). The molecule has 1 aromatic carbocycles. The zero-order valence-electron chi connectivity index (χ0n) is 16.3. The number of benzene rings is 1. The Hall–Kier alpha value is -2.57. The molecule has 1 aliphatic heterocycles. The zero-order chi connectivity index (χ0) is 20.0. The lowest BCUT2D eigenvalue weighted by Crippen LogP contribution is -2.63. The molecule has 152 valence electrons. The number of nitrogens with two attached hydrogens (primary N) is 1. The maximum absolute atomic E-state index is 13.3. The Bertz CT molecular complexity index is 693. The zero-order valence-corrected chi connectivity index (χ0v) is 16.3. The van der Waals surface area contributed by atoms with Gasteiger partial charge in [0.1, 0.15) is 5.54 Å². The second kappa shape index (κ2) is 9.08. The normalized spacial score (nSPS) is 19.6. The molecular weight excluding hydrogens is 356 g/mol. The highest BCUT2D eigenvalue weighted by molar-refractivity contribution is 5.91. The van der Waals surface area contributed by atoms with Crippen LogP contribution in [0.2, 0.25) is 0 Å². The molecule has 0 unspecified atom stereocenters. The van der Waals surface area contributed by atoms with Crippen LogP contribution in [0.1, 0.15) is 50.5 Å². The SMILES string of the molecule is NC(=O)C1CCN(C(=O)C2(NC(=O)NCc3ccccc3)CCCCC2)CC1. The average Bonchev–Trinajstić information content (AvgIpc) is 2.73. The summed E-state index contributed by atoms with van der Waals surface area (Å²) in [7, 11) is 0. The first kappa shape index (κ1) is 20.2. The molecule has 7 nitrogen and oxygen atoms in total. The average molecular weight is 386 g/mol. The number of likely N-dealkylation sites (tertiary alicyclic amines) is 1. The summed E-state index contributed by atoms with van der Waals surface area (Å²) in [6.07, 6.45) is 5.41. The molecule has 0 bridgehead atoms. The van der Waals surface area contributed by atoms with Gasteiger partial charge in [-0.1, -0.05) is 49.6 Å². The van der Waals surface area contributed by atoms with Crippen LogP contribution in [-0.2, 0) is 16.1 Å². The van der Waals surface area contributed by atoms with E-state index in [1.807, 2.05) is 30.3 Å². The molecule has 1 aliphatic carbocycles. The maximum atomic E-state index is 13.3. The van der Waals surface area contributed by atoms with Crippen molar-refractivity contribution in [2.24, 2.45) is 11.7 Å². The van der Waals surface area contributed by atoms with Crippen LogP contribution in [0.4, 0.5) is 4.79 Å². The lowest BCUT2D eigenvalue weighted by Gasteiger charge is -2.42. The Morgan fingerprint density at radius 2 is 1.68 bits per heavy atom. The van der Waals surface area contributed by atoms with Crippen molar-refractivity contribution in [2.75, 3.05) is 13.1 Å². The molecule has 28 heavy (non-hydrogen) atoms. The summed E-state index contributed by atoms with van der Waals surface area (Å²) in [5, 5.41) is 5.87. The van der Waals surface area contributed by atoms with Crippen LogP contribution < -0.4 is 16.4 Å². The quantitative estimate of drug-likeness (QED) is 0.720. The number of carbonyl (C=O) groups is 3. The predicted octanol–water partition coefficient (Wildman–Crippen LogP) is 1.91. The van der Waals surface area contributed by atoms with Gasteiger partial charge in [0.05, 0.1) is 0 Å². The van der Waals surface area contributed by atoms with Crippen molar-refractivity contribution in [3.63, 3.8) is 0 Å². The lowest BCUT2D eigenvalue weighted by molar-refractivity contribution is -0.142. The van der Waals surface area contributed by atoms with Crippen LogP contribution in [0.25, 0.3) is 0 Å². The summed E-state index contributed by atoms with van der Waals surface area (Å²) < 4.78 is 0. The van der Waals surface area contributed by atoms with E-state index in [0.29, 0.717) is 45.3 Å². The number of piperidine rings is 1. The van der Waals surface area contributed by atoms with Gasteiger partial charge in [-0.3, -0.25) is 9.59 Å². The summed E-state index contributed by atoms with van der Waals surface area (Å²) in [5.74, 6) is -0.476. The Morgan fingerprint density at radius 3 is 2.29 bits per heavy atom. The fourth-order valence-electron chi connectivity index (χ4n) is 4.26. The van der Waals surface area contributed by atoms with Crippen LogP contribution >= 0.6 is 0 Å². The third-order valence-electron chi connectivity index (χ3n) is 5.95. The van der Waals surface area contributed by atoms with Crippen LogP contribution in [0.15, 0.2) is 30.3 Å². The van der Waals surface area contributed by atoms with Gasteiger partial charge in [0.2, 0.25) is 11.8 Å². The van der Waals surface area contributed by atoms with Gasteiger partial charge >= 0.3 is 6.03 Å². The molecule has 7 heteroatoms. The topological polar surface area (TPSA) is 105 Å². The Labute approximate surface area is 166 Å². The fourth-order valence-corrected chi connectivity index (χ4v) is 4.26. The Kier molecular flexibility index (Phi) is 6.54. The van der Waals surface area contributed by atoms with E-state index in [9.17, 15) is 14.4 Å². The molecule has 1 aromatic rings. The van der Waals surface area contributed by atoms with Gasteiger partial charge in [0.25, 0.3) is 0 Å². The molecule has 2 aliphatic rings. The number of carbonyl (C=O) groups excluding carboxylic acids is 3. The maximum Gasteiger partial charge on any atom is 0.315 e. The van der Waals surface area contributed by atoms with Crippen LogP contribution in [-0.4, -0.2) is 41.4 Å². The number of primary amides is 1. The molecular formula is C21H30N4O3. The summed E-state index contributed by atoms with van der Waals surface area (Å²) in [6, 6.07) is 9.37. The van der Waals surface area contributed by atoms with E-state index in [1.54, 1.807) is 4.90 Å². The monoisotopic (exact) mass is 386 g/mol. The fraction of sp³-hybridized carbons (Fsp3) is 0.571. The molecule has 4 amide bonds. The van der Waals surface area contributed by atoms with Gasteiger partial charge in [-0.05, 0) is 31.2 Å². The molecule has 1 saturated heterocycles. The largest absolute Gasteiger partial charge is 0.369 e. The Balaban J connectivity index is 1.62. The minimum absolute atomic E-state index is 0.0232. The molecule has 4 N–H and O–H groups in total. The van der Waals surface area contributed by atoms with Gasteiger partial charge in [-0.25, -0.2) is 4.79 Å². The first-order valence-corrected chi connectivity index (χ1v) is 10.2. The summed E-state index contributed by atoms with van der Waals surface area (Å²) in [6.45, 7) is 1.45. The van der Waals surface area contributed by atoms with E-state index in [1.165, 1.54) is 0 Å². The van der Waals surface area contributed by atoms with Crippen molar-refractivity contribution in [1.29, 1.82) is 0 Å². The highest BCUT2D eigenvalue weighted by atomic mass is 16.2. The van der Waals surface area contributed by atoms with E-state index in [4.69, 9.17) is 5.73 Å². The van der Waals surface area contributed by atoms with Crippen molar-refractivity contribution < 1.29 is 14.4 Å². The van der Waals surface area contributed by atoms with E-state index in [0.717, 1.165) is 24.8 Å². The van der Waals surface area contributed by atoms with E-state index in [2.05, 4.69) is 10.6 Å². The van der Waals surface area contributed by atoms with Crippen LogP contribution in [0.3, 0.4) is 0 Å². The van der Waals surface area contributed by atoms with Gasteiger partial charge in [0, 0.05) is 25.6 Å². The number of hydrogen-bond donors (Lipinski definition) is 3. The molecule has 0 radical (unpaired) electrons. The smallest absolute Gasteiger partial charge is 0.315 e. The van der Waals surface area contributed by atoms with E-state index in [-0.39, 0.29) is 23.8 Å². The number of nitrogens with one attached hydrogen (secondary N) is 2. The molecule has 0 atom stereocenters. The van der Waals surface area contributed by atoms with Crippen molar-refractivity contribution in [1.82, 2.24) is 15.5 Å². The van der Waals surface area contributed by atoms with Crippen molar-refractivity contribution in [2.45, 2.75) is 57.0 Å². The van der Waals surface area contributed by atoms with Crippen molar-refractivity contribution >= 4 is 17.8 Å². The van der Waals surface area contributed by atoms with Gasteiger partial charge < -0.3 is 21.3 Å². The minimum Gasteiger partial charge on any atom is -0.369 e. The van der Waals surface area contributed by atoms with E-state index >= 15 is 0 Å². The standard InChI is InChI=1S/C21H30N4O3/c22-18(26)17-9-13-25(14-10-17)19(27)21(11-5-2-6-12-21)24-20(28)23-15-16-7-3-1-4-8-16/h1,3-4,7-8,17H,2,5-6,9-15H2,(H2,22,26)(H2,23,24,28). The Morgan fingerprint density at radius 1 is 1.04 bits per heavy atom. The number of urea groups is 1. The molecule has 1 saturated carbocycles. The second-order valence-electron chi connectivity index (χ2n) is 7.90. The number of amides is 4. The minimum atomic E-state index is -0.849. The summed E-state index contributed by atoms with van der Waals surface area (Å²) in [5.41, 5.74) is 5.56. The lowest BCUT2D eigenvalue weighted by atomic mass is 9.80. The number of rotatable bonds is 5. The first-order valence-electron chi connectivity index (χ1n) is 10.2.